The van der Waals surface area contributed by atoms with Crippen LogP contribution in [0.2, 0.25) is 0 Å². The average Bonchev–Trinajstić information content (AvgIpc) is 2.35. The lowest BCUT2D eigenvalue weighted by atomic mass is 10.1. The zero-order valence-corrected chi connectivity index (χ0v) is 10.9. The summed E-state index contributed by atoms with van der Waals surface area (Å²) in [4.78, 5) is 4.25. The summed E-state index contributed by atoms with van der Waals surface area (Å²) >= 11 is 0. The first-order chi connectivity index (χ1) is 8.34. The van der Waals surface area contributed by atoms with E-state index in [1.807, 2.05) is 12.1 Å². The third-order valence-electron chi connectivity index (χ3n) is 2.92. The van der Waals surface area contributed by atoms with Crippen LogP contribution in [0.5, 0.6) is 0 Å². The highest BCUT2D eigenvalue weighted by atomic mass is 14.9. The van der Waals surface area contributed by atoms with Gasteiger partial charge in [0, 0.05) is 12.7 Å². The van der Waals surface area contributed by atoms with Crippen LogP contribution >= 0.6 is 0 Å². The van der Waals surface area contributed by atoms with Crippen molar-refractivity contribution < 1.29 is 0 Å². The highest BCUT2D eigenvalue weighted by Crippen LogP contribution is 2.07. The second-order valence-corrected chi connectivity index (χ2v) is 4.48. The summed E-state index contributed by atoms with van der Waals surface area (Å²) in [6.07, 6.45) is 9.79. The Morgan fingerprint density at radius 2 is 1.94 bits per heavy atom. The molecule has 17 heavy (non-hydrogen) atoms. The first-order valence-electron chi connectivity index (χ1n) is 6.74. The van der Waals surface area contributed by atoms with Crippen molar-refractivity contribution in [2.75, 3.05) is 12.3 Å². The molecule has 0 fully saturated rings. The fraction of sp³-hybridized carbons (Fsp3) is 0.643. The third kappa shape index (κ3) is 6.27. The van der Waals surface area contributed by atoms with Crippen LogP contribution in [0.3, 0.4) is 0 Å². The number of nitrogens with zero attached hydrogens (tertiary/aromatic N) is 1. The minimum atomic E-state index is 0.779. The Hall–Kier alpha value is -1.09. The number of nitrogens with one attached hydrogen (secondary N) is 1. The molecule has 3 nitrogen and oxygen atoms in total. The molecule has 0 spiro atoms. The molecule has 1 heterocycles. The maximum atomic E-state index is 5.81. The van der Waals surface area contributed by atoms with Gasteiger partial charge in [-0.3, -0.25) is 4.98 Å². The third-order valence-corrected chi connectivity index (χ3v) is 2.92. The van der Waals surface area contributed by atoms with Gasteiger partial charge in [-0.05, 0) is 25.1 Å². The molecule has 3 heteroatoms. The molecule has 3 N–H and O–H groups in total. The topological polar surface area (TPSA) is 50.9 Å². The number of unbranched alkanes of at least 4 members (excludes halogenated alkanes) is 5. The van der Waals surface area contributed by atoms with Crippen LogP contribution in [-0.2, 0) is 6.54 Å². The molecule has 1 aromatic heterocycles. The van der Waals surface area contributed by atoms with E-state index in [-0.39, 0.29) is 0 Å². The molecule has 1 rings (SSSR count). The summed E-state index contributed by atoms with van der Waals surface area (Å²) in [6, 6.07) is 3.77. The predicted octanol–water partition coefficient (Wildman–Crippen LogP) is 3.11. The molecular weight excluding hydrogens is 210 g/mol. The fourth-order valence-electron chi connectivity index (χ4n) is 1.84. The predicted molar refractivity (Wildman–Crippen MR) is 73.7 cm³/mol. The Bertz CT molecular complexity index is 299. The summed E-state index contributed by atoms with van der Waals surface area (Å²) in [5.41, 5.74) is 7.55. The van der Waals surface area contributed by atoms with Gasteiger partial charge in [0.25, 0.3) is 0 Å². The van der Waals surface area contributed by atoms with Gasteiger partial charge in [0.2, 0.25) is 0 Å². The van der Waals surface area contributed by atoms with Crippen LogP contribution in [-0.4, -0.2) is 11.5 Å². The molecule has 0 radical (unpaired) electrons. The minimum Gasteiger partial charge on any atom is -0.397 e. The van der Waals surface area contributed by atoms with Gasteiger partial charge in [0.05, 0.1) is 11.4 Å². The van der Waals surface area contributed by atoms with E-state index in [1.165, 1.54) is 38.5 Å². The van der Waals surface area contributed by atoms with Crippen molar-refractivity contribution in [3.05, 3.63) is 24.0 Å². The molecular formula is C14H25N3. The van der Waals surface area contributed by atoms with E-state index in [2.05, 4.69) is 17.2 Å². The maximum absolute atomic E-state index is 5.81. The fourth-order valence-corrected chi connectivity index (χ4v) is 1.84. The largest absolute Gasteiger partial charge is 0.397 e. The van der Waals surface area contributed by atoms with Gasteiger partial charge in [-0.1, -0.05) is 39.0 Å². The summed E-state index contributed by atoms with van der Waals surface area (Å²) in [6.45, 7) is 4.09. The van der Waals surface area contributed by atoms with Crippen LogP contribution in [0, 0.1) is 0 Å². The number of hydrogen-bond acceptors (Lipinski definition) is 3. The highest BCUT2D eigenvalue weighted by Gasteiger charge is 1.98. The van der Waals surface area contributed by atoms with Crippen molar-refractivity contribution in [1.82, 2.24) is 10.3 Å². The van der Waals surface area contributed by atoms with Crippen molar-refractivity contribution in [2.45, 2.75) is 52.0 Å². The van der Waals surface area contributed by atoms with E-state index in [1.54, 1.807) is 6.20 Å². The second kappa shape index (κ2) is 8.99. The Kier molecular flexibility index (Phi) is 7.39. The molecule has 0 saturated heterocycles. The molecule has 0 bridgehead atoms. The molecule has 96 valence electrons. The summed E-state index contributed by atoms with van der Waals surface area (Å²) < 4.78 is 0. The van der Waals surface area contributed by atoms with Crippen LogP contribution in [0.1, 0.15) is 51.1 Å². The van der Waals surface area contributed by atoms with E-state index in [4.69, 9.17) is 5.73 Å². The Labute approximate surface area is 105 Å². The van der Waals surface area contributed by atoms with Crippen LogP contribution in [0.25, 0.3) is 0 Å². The summed E-state index contributed by atoms with van der Waals surface area (Å²) in [5.74, 6) is 0. The lowest BCUT2D eigenvalue weighted by Gasteiger charge is -2.06. The van der Waals surface area contributed by atoms with Crippen molar-refractivity contribution in [3.8, 4) is 0 Å². The second-order valence-electron chi connectivity index (χ2n) is 4.48. The lowest BCUT2D eigenvalue weighted by Crippen LogP contribution is -2.16. The van der Waals surface area contributed by atoms with Gasteiger partial charge < -0.3 is 11.1 Å². The zero-order chi connectivity index (χ0) is 12.3. The molecule has 1 aromatic rings. The number of aromatic nitrogens is 1. The van der Waals surface area contributed by atoms with E-state index < -0.39 is 0 Å². The van der Waals surface area contributed by atoms with Crippen molar-refractivity contribution in [2.24, 2.45) is 0 Å². The number of nitrogens with two attached hydrogens (primary N) is 1. The Morgan fingerprint density at radius 3 is 2.71 bits per heavy atom. The molecule has 0 unspecified atom stereocenters. The summed E-state index contributed by atoms with van der Waals surface area (Å²) in [5, 5.41) is 3.39. The van der Waals surface area contributed by atoms with Gasteiger partial charge in [-0.25, -0.2) is 0 Å². The van der Waals surface area contributed by atoms with Gasteiger partial charge >= 0.3 is 0 Å². The molecule has 0 amide bonds. The number of rotatable bonds is 9. The number of pyridine rings is 1. The molecule has 0 saturated carbocycles. The van der Waals surface area contributed by atoms with Gasteiger partial charge in [0.1, 0.15) is 0 Å². The SMILES string of the molecule is CCCCCCCCNCc1ncccc1N. The highest BCUT2D eigenvalue weighted by molar-refractivity contribution is 5.41. The molecule has 0 aliphatic carbocycles. The van der Waals surface area contributed by atoms with Crippen molar-refractivity contribution >= 4 is 5.69 Å². The van der Waals surface area contributed by atoms with Gasteiger partial charge in [-0.2, -0.15) is 0 Å². The van der Waals surface area contributed by atoms with Gasteiger partial charge in [-0.15, -0.1) is 0 Å². The first kappa shape index (κ1) is 14.0. The Balaban J connectivity index is 1.99. The standard InChI is InChI=1S/C14H25N3/c1-2-3-4-5-6-7-10-16-12-14-13(15)9-8-11-17-14/h8-9,11,16H,2-7,10,12,15H2,1H3. The van der Waals surface area contributed by atoms with E-state index in [9.17, 15) is 0 Å². The lowest BCUT2D eigenvalue weighted by molar-refractivity contribution is 0.569. The molecule has 0 aliphatic heterocycles. The minimum absolute atomic E-state index is 0.779. The first-order valence-corrected chi connectivity index (χ1v) is 6.74. The normalized spacial score (nSPS) is 10.6. The van der Waals surface area contributed by atoms with E-state index in [0.29, 0.717) is 0 Å². The quantitative estimate of drug-likeness (QED) is 0.647. The molecule has 0 aliphatic rings. The van der Waals surface area contributed by atoms with Crippen LogP contribution in [0.15, 0.2) is 18.3 Å². The van der Waals surface area contributed by atoms with Crippen molar-refractivity contribution in [3.63, 3.8) is 0 Å². The summed E-state index contributed by atoms with van der Waals surface area (Å²) in [7, 11) is 0. The molecule has 0 atom stereocenters. The smallest absolute Gasteiger partial charge is 0.0770 e. The van der Waals surface area contributed by atoms with Crippen LogP contribution < -0.4 is 11.1 Å². The zero-order valence-electron chi connectivity index (χ0n) is 10.9. The van der Waals surface area contributed by atoms with Crippen LogP contribution in [0.4, 0.5) is 5.69 Å². The number of hydrogen-bond donors (Lipinski definition) is 2. The average molecular weight is 235 g/mol. The number of nitrogen functional groups attached to an aromatic ring is 1. The maximum Gasteiger partial charge on any atom is 0.0770 e. The monoisotopic (exact) mass is 235 g/mol. The van der Waals surface area contributed by atoms with Crippen molar-refractivity contribution in [1.29, 1.82) is 0 Å². The molecule has 0 aromatic carbocycles. The number of anilines is 1. The van der Waals surface area contributed by atoms with Gasteiger partial charge in [0.15, 0.2) is 0 Å². The Morgan fingerprint density at radius 1 is 1.18 bits per heavy atom. The van der Waals surface area contributed by atoms with E-state index >= 15 is 0 Å². The van der Waals surface area contributed by atoms with E-state index in [0.717, 1.165) is 24.5 Å².